The van der Waals surface area contributed by atoms with Crippen molar-refractivity contribution in [1.29, 1.82) is 0 Å². The number of nitrogens with zero attached hydrogens (tertiary/aromatic N) is 2. The molecule has 2 heterocycles. The van der Waals surface area contributed by atoms with Gasteiger partial charge >= 0.3 is 5.97 Å². The molecule has 0 spiro atoms. The number of carboxylic acids is 1. The maximum atomic E-state index is 14.4. The van der Waals surface area contributed by atoms with Crippen LogP contribution < -0.4 is 15.4 Å². The minimum atomic E-state index is -1.30. The zero-order chi connectivity index (χ0) is 22.8. The van der Waals surface area contributed by atoms with Gasteiger partial charge < -0.3 is 20.5 Å². The molecular weight excluding hydrogens is 422 g/mol. The number of aliphatic carboxylic acids is 1. The predicted octanol–water partition coefficient (Wildman–Crippen LogP) is 3.80. The number of hydrogen-bond acceptors (Lipinski definition) is 5. The summed E-state index contributed by atoms with van der Waals surface area (Å²) in [5, 5.41) is 19.0. The van der Waals surface area contributed by atoms with E-state index in [1.165, 1.54) is 23.0 Å². The van der Waals surface area contributed by atoms with Crippen molar-refractivity contribution < 1.29 is 28.2 Å². The van der Waals surface area contributed by atoms with Crippen LogP contribution in [0, 0.1) is 11.6 Å². The lowest BCUT2D eigenvalue weighted by Crippen LogP contribution is -2.26. The first-order chi connectivity index (χ1) is 15.4. The summed E-state index contributed by atoms with van der Waals surface area (Å²) < 4.78 is 34.4. The van der Waals surface area contributed by atoms with E-state index >= 15 is 0 Å². The molecule has 1 atom stereocenters. The summed E-state index contributed by atoms with van der Waals surface area (Å²) in [4.78, 5) is 24.5. The molecule has 1 aromatic heterocycles. The van der Waals surface area contributed by atoms with Crippen LogP contribution in [0.15, 0.2) is 60.4 Å². The second-order valence-electron chi connectivity index (χ2n) is 6.88. The summed E-state index contributed by atoms with van der Waals surface area (Å²) in [6.45, 7) is 2.37. The third-order valence-electron chi connectivity index (χ3n) is 4.82. The van der Waals surface area contributed by atoms with Crippen molar-refractivity contribution in [2.45, 2.75) is 13.0 Å². The van der Waals surface area contributed by atoms with Crippen LogP contribution in [-0.4, -0.2) is 33.4 Å². The van der Waals surface area contributed by atoms with Crippen molar-refractivity contribution in [3.05, 3.63) is 83.2 Å². The fourth-order valence-corrected chi connectivity index (χ4v) is 3.35. The second kappa shape index (κ2) is 8.50. The lowest BCUT2D eigenvalue weighted by molar-refractivity contribution is -0.132. The Morgan fingerprint density at radius 3 is 2.62 bits per heavy atom. The molecule has 164 valence electrons. The Bertz CT molecular complexity index is 1220. The van der Waals surface area contributed by atoms with Crippen LogP contribution in [0.25, 0.3) is 0 Å². The summed E-state index contributed by atoms with van der Waals surface area (Å²) >= 11 is 0. The number of benzene rings is 2. The molecule has 0 saturated carbocycles. The van der Waals surface area contributed by atoms with Gasteiger partial charge in [-0.25, -0.2) is 18.3 Å². The minimum absolute atomic E-state index is 0.00877. The highest BCUT2D eigenvalue weighted by atomic mass is 19.1. The Kier molecular flexibility index (Phi) is 5.59. The van der Waals surface area contributed by atoms with Crippen LogP contribution in [0.5, 0.6) is 5.75 Å². The van der Waals surface area contributed by atoms with E-state index in [4.69, 9.17) is 4.74 Å². The van der Waals surface area contributed by atoms with Crippen LogP contribution >= 0.6 is 0 Å². The van der Waals surface area contributed by atoms with Gasteiger partial charge in [0.1, 0.15) is 40.5 Å². The molecule has 1 aliphatic heterocycles. The molecule has 4 rings (SSSR count). The first-order valence-electron chi connectivity index (χ1n) is 9.66. The fourth-order valence-electron chi connectivity index (χ4n) is 3.35. The number of carbonyl (C=O) groups excluding carboxylic acids is 1. The molecule has 1 aliphatic rings. The molecule has 1 amide bonds. The Morgan fingerprint density at radius 1 is 1.22 bits per heavy atom. The van der Waals surface area contributed by atoms with Gasteiger partial charge in [-0.1, -0.05) is 6.07 Å². The summed E-state index contributed by atoms with van der Waals surface area (Å²) in [5.41, 5.74) is 0.291. The highest BCUT2D eigenvalue weighted by molar-refractivity contribution is 6.08. The van der Waals surface area contributed by atoms with Gasteiger partial charge in [-0.05, 0) is 43.3 Å². The number of carboxylic acid groups (broad SMARTS) is 1. The lowest BCUT2D eigenvalue weighted by Gasteiger charge is -2.24. The molecule has 1 unspecified atom stereocenters. The lowest BCUT2D eigenvalue weighted by atomic mass is 10.0. The van der Waals surface area contributed by atoms with E-state index in [-0.39, 0.29) is 22.6 Å². The maximum absolute atomic E-state index is 14.4. The van der Waals surface area contributed by atoms with Crippen LogP contribution in [0.1, 0.15) is 28.9 Å². The van der Waals surface area contributed by atoms with Gasteiger partial charge in [0.25, 0.3) is 5.91 Å². The molecule has 0 bridgehead atoms. The first kappa shape index (κ1) is 21.0. The van der Waals surface area contributed by atoms with E-state index in [0.29, 0.717) is 24.1 Å². The van der Waals surface area contributed by atoms with E-state index in [2.05, 4.69) is 15.7 Å². The van der Waals surface area contributed by atoms with Crippen molar-refractivity contribution in [3.8, 4) is 5.75 Å². The molecule has 3 N–H and O–H groups in total. The van der Waals surface area contributed by atoms with E-state index in [1.54, 1.807) is 24.3 Å². The summed E-state index contributed by atoms with van der Waals surface area (Å²) in [6.07, 6.45) is 2.49. The van der Waals surface area contributed by atoms with Gasteiger partial charge in [0.05, 0.1) is 12.8 Å². The number of nitrogens with one attached hydrogen (secondary N) is 2. The van der Waals surface area contributed by atoms with Gasteiger partial charge in [-0.15, -0.1) is 0 Å². The van der Waals surface area contributed by atoms with Crippen LogP contribution in [0.4, 0.5) is 20.3 Å². The summed E-state index contributed by atoms with van der Waals surface area (Å²) in [7, 11) is 0. The number of ether oxygens (including phenoxy) is 1. The van der Waals surface area contributed by atoms with Crippen LogP contribution in [0.3, 0.4) is 0 Å². The molecule has 3 aromatic rings. The predicted molar refractivity (Wildman–Crippen MR) is 112 cm³/mol. The van der Waals surface area contributed by atoms with E-state index in [1.807, 2.05) is 6.92 Å². The Hall–Kier alpha value is -4.21. The van der Waals surface area contributed by atoms with Crippen LogP contribution in [-0.2, 0) is 4.79 Å². The molecule has 32 heavy (non-hydrogen) atoms. The number of amides is 1. The molecule has 0 saturated heterocycles. The fraction of sp³-hybridized carbons (Fsp3) is 0.136. The average molecular weight is 440 g/mol. The highest BCUT2D eigenvalue weighted by Crippen LogP contribution is 2.33. The van der Waals surface area contributed by atoms with E-state index < -0.39 is 29.6 Å². The molecule has 0 aliphatic carbocycles. The van der Waals surface area contributed by atoms with Crippen molar-refractivity contribution in [2.24, 2.45) is 0 Å². The molecular formula is C22H18F2N4O4. The number of fused-ring (bicyclic) bond motifs is 1. The largest absolute Gasteiger partial charge is 0.494 e. The van der Waals surface area contributed by atoms with Crippen molar-refractivity contribution in [3.63, 3.8) is 0 Å². The number of allylic oxidation sites excluding steroid dienone is 1. The van der Waals surface area contributed by atoms with E-state index in [9.17, 15) is 23.5 Å². The topological polar surface area (TPSA) is 105 Å². The Morgan fingerprint density at radius 2 is 1.97 bits per heavy atom. The number of anilines is 2. The van der Waals surface area contributed by atoms with Gasteiger partial charge in [-0.3, -0.25) is 4.79 Å². The third-order valence-corrected chi connectivity index (χ3v) is 4.82. The zero-order valence-electron chi connectivity index (χ0n) is 16.8. The van der Waals surface area contributed by atoms with Gasteiger partial charge in [0.2, 0.25) is 0 Å². The number of aromatic nitrogens is 2. The van der Waals surface area contributed by atoms with Crippen molar-refractivity contribution in [1.82, 2.24) is 9.78 Å². The number of rotatable bonds is 6. The zero-order valence-corrected chi connectivity index (χ0v) is 16.8. The van der Waals surface area contributed by atoms with Crippen LogP contribution in [0.2, 0.25) is 0 Å². The van der Waals surface area contributed by atoms with Gasteiger partial charge in [0, 0.05) is 17.3 Å². The molecule has 10 heteroatoms. The number of carbonyl (C=O) groups is 2. The smallest absolute Gasteiger partial charge is 0.352 e. The Balaban J connectivity index is 1.67. The monoisotopic (exact) mass is 440 g/mol. The number of halogens is 2. The Labute approximate surface area is 181 Å². The standard InChI is InChI=1S/C22H18F2N4O4/c1-2-32-14-6-4-13(5-7-14)26-21(29)16-11-25-28-19(10-18(22(30)31)27-20(16)28)15-8-3-12(23)9-17(15)24/h3-11,19,27H,2H2,1H3,(H,26,29)(H,30,31). The summed E-state index contributed by atoms with van der Waals surface area (Å²) in [5.74, 6) is -2.76. The van der Waals surface area contributed by atoms with Gasteiger partial charge in [0.15, 0.2) is 0 Å². The molecule has 0 radical (unpaired) electrons. The summed E-state index contributed by atoms with van der Waals surface area (Å²) in [6, 6.07) is 8.70. The van der Waals surface area contributed by atoms with Gasteiger partial charge in [-0.2, -0.15) is 5.10 Å². The van der Waals surface area contributed by atoms with E-state index in [0.717, 1.165) is 6.07 Å². The average Bonchev–Trinajstić information content (AvgIpc) is 3.19. The minimum Gasteiger partial charge on any atom is -0.494 e. The molecule has 0 fully saturated rings. The third kappa shape index (κ3) is 4.02. The van der Waals surface area contributed by atoms with Crippen molar-refractivity contribution in [2.75, 3.05) is 17.2 Å². The molecule has 8 nitrogen and oxygen atoms in total. The maximum Gasteiger partial charge on any atom is 0.352 e. The second-order valence-corrected chi connectivity index (χ2v) is 6.88. The SMILES string of the molecule is CCOc1ccc(NC(=O)c2cnn3c2NC(C(=O)O)=CC3c2ccc(F)cc2F)cc1. The van der Waals surface area contributed by atoms with Crippen molar-refractivity contribution >= 4 is 23.4 Å². The normalized spacial score (nSPS) is 14.7. The first-order valence-corrected chi connectivity index (χ1v) is 9.66. The number of hydrogen-bond donors (Lipinski definition) is 3. The highest BCUT2D eigenvalue weighted by Gasteiger charge is 2.30. The quantitative estimate of drug-likeness (QED) is 0.539. The molecule has 2 aromatic carbocycles.